The summed E-state index contributed by atoms with van der Waals surface area (Å²) < 4.78 is 1.61. The number of carbonyl (C=O) groups is 1. The third kappa shape index (κ3) is 4.13. The van der Waals surface area contributed by atoms with E-state index in [9.17, 15) is 14.9 Å². The molecule has 0 fully saturated rings. The summed E-state index contributed by atoms with van der Waals surface area (Å²) in [5, 5.41) is 18.4. The maximum atomic E-state index is 12.1. The molecule has 23 heavy (non-hydrogen) atoms. The molecule has 3 rings (SSSR count). The lowest BCUT2D eigenvalue weighted by atomic mass is 10.2. The van der Waals surface area contributed by atoms with Gasteiger partial charge in [-0.25, -0.2) is 4.98 Å². The van der Waals surface area contributed by atoms with Crippen LogP contribution in [0.2, 0.25) is 0 Å². The quantitative estimate of drug-likeness (QED) is 0.371. The molecule has 11 heteroatoms. The number of hydrogen-bond acceptors (Lipinski definition) is 10. The van der Waals surface area contributed by atoms with Crippen molar-refractivity contribution >= 4 is 56.3 Å². The Morgan fingerprint density at radius 3 is 2.52 bits per heavy atom. The molecule has 0 aliphatic carbocycles. The van der Waals surface area contributed by atoms with Crippen molar-refractivity contribution in [3.05, 3.63) is 52.2 Å². The summed E-state index contributed by atoms with van der Waals surface area (Å²) in [6.07, 6.45) is 1.21. The van der Waals surface area contributed by atoms with E-state index in [-0.39, 0.29) is 10.1 Å². The highest BCUT2D eigenvalue weighted by Gasteiger charge is 2.16. The fraction of sp³-hybridized carbons (Fsp3) is 0. The van der Waals surface area contributed by atoms with Crippen molar-refractivity contribution in [2.45, 2.75) is 13.0 Å². The minimum absolute atomic E-state index is 0.0223. The monoisotopic (exact) mass is 382 g/mol. The zero-order chi connectivity index (χ0) is 16.2. The maximum absolute atomic E-state index is 12.1. The van der Waals surface area contributed by atoms with Gasteiger partial charge in [-0.2, -0.15) is 0 Å². The van der Waals surface area contributed by atoms with Gasteiger partial charge in [0, 0.05) is 5.56 Å². The minimum atomic E-state index is -0.484. The summed E-state index contributed by atoms with van der Waals surface area (Å²) in [4.78, 5) is 26.2. The number of hydrogen-bond donors (Lipinski definition) is 0. The maximum Gasteiger partial charge on any atom is 0.344 e. The zero-order valence-electron chi connectivity index (χ0n) is 11.1. The highest BCUT2D eigenvalue weighted by atomic mass is 32.2. The standard InChI is InChI=1S/C12H6N4O3S4/c17-9(7-4-2-1-3-5-7)21-11-14-15-12(23-11)22-10-13-6-8(20-10)16(18)19/h1-6H. The van der Waals surface area contributed by atoms with Crippen LogP contribution in [0.25, 0.3) is 0 Å². The summed E-state index contributed by atoms with van der Waals surface area (Å²) in [6, 6.07) is 8.91. The molecular weight excluding hydrogens is 376 g/mol. The molecule has 0 amide bonds. The fourth-order valence-corrected chi connectivity index (χ4v) is 5.30. The first kappa shape index (κ1) is 16.1. The fourth-order valence-electron chi connectivity index (χ4n) is 1.45. The number of benzene rings is 1. The van der Waals surface area contributed by atoms with Crippen molar-refractivity contribution in [1.29, 1.82) is 0 Å². The van der Waals surface area contributed by atoms with Crippen molar-refractivity contribution in [2.75, 3.05) is 0 Å². The van der Waals surface area contributed by atoms with E-state index in [1.54, 1.807) is 24.3 Å². The normalized spacial score (nSPS) is 10.6. The van der Waals surface area contributed by atoms with E-state index >= 15 is 0 Å². The molecule has 0 bridgehead atoms. The molecular formula is C12H6N4O3S4. The van der Waals surface area contributed by atoms with E-state index in [0.717, 1.165) is 23.1 Å². The predicted octanol–water partition coefficient (Wildman–Crippen LogP) is 3.99. The van der Waals surface area contributed by atoms with Crippen molar-refractivity contribution in [1.82, 2.24) is 15.2 Å². The topological polar surface area (TPSA) is 98.9 Å². The van der Waals surface area contributed by atoms with E-state index in [2.05, 4.69) is 15.2 Å². The Balaban J connectivity index is 1.66. The van der Waals surface area contributed by atoms with Crippen LogP contribution in [0.5, 0.6) is 0 Å². The number of nitrogens with zero attached hydrogens (tertiary/aromatic N) is 4. The molecule has 0 aliphatic heterocycles. The smallest absolute Gasteiger partial charge is 0.281 e. The van der Waals surface area contributed by atoms with Crippen LogP contribution in [-0.4, -0.2) is 25.2 Å². The van der Waals surface area contributed by atoms with Gasteiger partial charge in [0.25, 0.3) is 0 Å². The van der Waals surface area contributed by atoms with Crippen molar-refractivity contribution in [2.24, 2.45) is 0 Å². The molecule has 2 aromatic heterocycles. The van der Waals surface area contributed by atoms with Gasteiger partial charge < -0.3 is 0 Å². The Morgan fingerprint density at radius 1 is 1.09 bits per heavy atom. The molecule has 0 saturated carbocycles. The molecule has 1 aromatic carbocycles. The molecule has 2 heterocycles. The Labute approximate surface area is 146 Å². The number of aromatic nitrogens is 3. The van der Waals surface area contributed by atoms with Crippen LogP contribution in [0.4, 0.5) is 5.00 Å². The molecule has 0 unspecified atom stereocenters. The molecule has 116 valence electrons. The van der Waals surface area contributed by atoms with Crippen LogP contribution in [0.3, 0.4) is 0 Å². The molecule has 0 spiro atoms. The Hall–Kier alpha value is -1.82. The highest BCUT2D eigenvalue weighted by Crippen LogP contribution is 2.37. The second kappa shape index (κ2) is 7.17. The summed E-state index contributed by atoms with van der Waals surface area (Å²) in [5.41, 5.74) is 0.595. The number of nitro groups is 1. The molecule has 7 nitrogen and oxygen atoms in total. The summed E-state index contributed by atoms with van der Waals surface area (Å²) >= 11 is 4.42. The van der Waals surface area contributed by atoms with Crippen LogP contribution in [0.1, 0.15) is 10.4 Å². The van der Waals surface area contributed by atoms with Crippen molar-refractivity contribution in [3.8, 4) is 0 Å². The Bertz CT molecular complexity index is 849. The average molecular weight is 382 g/mol. The Kier molecular flexibility index (Phi) is 5.00. The van der Waals surface area contributed by atoms with Crippen LogP contribution < -0.4 is 0 Å². The van der Waals surface area contributed by atoms with Crippen LogP contribution >= 0.6 is 46.2 Å². The number of carbonyl (C=O) groups excluding carboxylic acids is 1. The van der Waals surface area contributed by atoms with Gasteiger partial charge in [0.15, 0.2) is 13.0 Å². The van der Waals surface area contributed by atoms with Gasteiger partial charge >= 0.3 is 5.00 Å². The molecule has 3 aromatic rings. The third-order valence-electron chi connectivity index (χ3n) is 2.40. The average Bonchev–Trinajstić information content (AvgIpc) is 3.18. The number of rotatable bonds is 5. The lowest BCUT2D eigenvalue weighted by Gasteiger charge is -1.95. The van der Waals surface area contributed by atoms with Gasteiger partial charge in [0.1, 0.15) is 6.20 Å². The number of thioether (sulfide) groups is 1. The number of thiazole rings is 1. The van der Waals surface area contributed by atoms with Gasteiger partial charge in [-0.15, -0.1) is 10.2 Å². The van der Waals surface area contributed by atoms with Crippen molar-refractivity contribution in [3.63, 3.8) is 0 Å². The van der Waals surface area contributed by atoms with Crippen LogP contribution in [0, 0.1) is 10.1 Å². The zero-order valence-corrected chi connectivity index (χ0v) is 14.4. The SMILES string of the molecule is O=C(Sc1nnc(Sc2ncc([N+](=O)[O-])s2)s1)c1ccccc1. The van der Waals surface area contributed by atoms with E-state index < -0.39 is 4.92 Å². The molecule has 0 radical (unpaired) electrons. The first-order chi connectivity index (χ1) is 11.1. The summed E-state index contributed by atoms with van der Waals surface area (Å²) in [5.74, 6) is 0. The van der Waals surface area contributed by atoms with Gasteiger partial charge in [0.2, 0.25) is 5.12 Å². The lowest BCUT2D eigenvalue weighted by molar-refractivity contribution is -0.380. The molecule has 0 atom stereocenters. The van der Waals surface area contributed by atoms with E-state index in [4.69, 9.17) is 0 Å². The first-order valence-electron chi connectivity index (χ1n) is 6.00. The van der Waals surface area contributed by atoms with Gasteiger partial charge in [-0.3, -0.25) is 14.9 Å². The van der Waals surface area contributed by atoms with Gasteiger partial charge in [-0.05, 0) is 34.9 Å². The summed E-state index contributed by atoms with van der Waals surface area (Å²) in [7, 11) is 0. The lowest BCUT2D eigenvalue weighted by Crippen LogP contribution is -1.91. The van der Waals surface area contributed by atoms with E-state index in [1.165, 1.54) is 29.3 Å². The highest BCUT2D eigenvalue weighted by molar-refractivity contribution is 8.15. The molecule has 0 saturated heterocycles. The van der Waals surface area contributed by atoms with Crippen molar-refractivity contribution < 1.29 is 9.72 Å². The molecule has 0 aliphatic rings. The van der Waals surface area contributed by atoms with Crippen LogP contribution in [-0.2, 0) is 0 Å². The predicted molar refractivity (Wildman–Crippen MR) is 89.4 cm³/mol. The second-order valence-electron chi connectivity index (χ2n) is 3.91. The largest absolute Gasteiger partial charge is 0.344 e. The van der Waals surface area contributed by atoms with E-state index in [1.807, 2.05) is 6.07 Å². The van der Waals surface area contributed by atoms with Gasteiger partial charge in [0.05, 0.1) is 4.92 Å². The van der Waals surface area contributed by atoms with Crippen LogP contribution in [0.15, 0.2) is 49.5 Å². The van der Waals surface area contributed by atoms with Gasteiger partial charge in [-0.1, -0.05) is 41.7 Å². The summed E-state index contributed by atoms with van der Waals surface area (Å²) in [6.45, 7) is 0. The second-order valence-corrected chi connectivity index (χ2v) is 8.61. The third-order valence-corrected chi connectivity index (χ3v) is 6.37. The minimum Gasteiger partial charge on any atom is -0.281 e. The van der Waals surface area contributed by atoms with E-state index in [0.29, 0.717) is 18.6 Å². The molecule has 0 N–H and O–H groups in total. The first-order valence-corrected chi connectivity index (χ1v) is 9.27. The Morgan fingerprint density at radius 2 is 1.83 bits per heavy atom.